The normalized spacial score (nSPS) is 11.3. The van der Waals surface area contributed by atoms with Gasteiger partial charge in [0, 0.05) is 12.5 Å². The molecule has 12 heteroatoms. The van der Waals surface area contributed by atoms with Crippen molar-refractivity contribution in [3.8, 4) is 0 Å². The molecule has 2 aromatic carbocycles. The minimum Gasteiger partial charge on any atom is -0.466 e. The average molecular weight is 617 g/mol. The first-order valence-electron chi connectivity index (χ1n) is 13.4. The van der Waals surface area contributed by atoms with Gasteiger partial charge < -0.3 is 18.5 Å². The molecule has 0 aromatic heterocycles. The molecule has 0 amide bonds. The Balaban J connectivity index is 0.000000602. The Morgan fingerprint density at radius 3 is 1.60 bits per heavy atom. The van der Waals surface area contributed by atoms with E-state index < -0.39 is 31.9 Å². The van der Waals surface area contributed by atoms with Gasteiger partial charge in [0.1, 0.15) is 6.16 Å². The van der Waals surface area contributed by atoms with Gasteiger partial charge in [-0.05, 0) is 52.2 Å². The quantitative estimate of drug-likeness (QED) is 0.136. The number of ketones is 1. The molecule has 0 aliphatic heterocycles. The van der Waals surface area contributed by atoms with Crippen molar-refractivity contribution in [1.29, 1.82) is 0 Å². The summed E-state index contributed by atoms with van der Waals surface area (Å²) in [6.45, 7) is 9.98. The van der Waals surface area contributed by atoms with Crippen LogP contribution in [0.15, 0.2) is 72.3 Å². The van der Waals surface area contributed by atoms with Crippen molar-refractivity contribution < 1.29 is 50.6 Å². The summed E-state index contributed by atoms with van der Waals surface area (Å²) in [5.41, 5.74) is 2.60. The van der Waals surface area contributed by atoms with E-state index in [0.717, 1.165) is 12.0 Å². The third-order valence-corrected chi connectivity index (χ3v) is 6.73. The van der Waals surface area contributed by atoms with Crippen molar-refractivity contribution in [3.63, 3.8) is 0 Å². The highest BCUT2D eigenvalue weighted by atomic mass is 31.2. The van der Waals surface area contributed by atoms with Crippen LogP contribution in [-0.4, -0.2) is 56.5 Å². The minimum absolute atomic E-state index is 0.247. The van der Waals surface area contributed by atoms with E-state index in [9.17, 15) is 32.1 Å². The number of rotatable bonds is 13. The minimum atomic E-state index is -4.73. The highest BCUT2D eigenvalue weighted by molar-refractivity contribution is 7.54. The Morgan fingerprint density at radius 1 is 0.738 bits per heavy atom. The van der Waals surface area contributed by atoms with Crippen LogP contribution in [0.1, 0.15) is 45.7 Å². The summed E-state index contributed by atoms with van der Waals surface area (Å²) in [4.78, 5) is 32.7. The number of alkyl halides is 3. The molecule has 0 saturated heterocycles. The Labute approximate surface area is 245 Å². The van der Waals surface area contributed by atoms with E-state index in [0.29, 0.717) is 12.2 Å². The van der Waals surface area contributed by atoms with E-state index >= 15 is 0 Å². The van der Waals surface area contributed by atoms with E-state index in [1.54, 1.807) is 52.0 Å². The lowest BCUT2D eigenvalue weighted by atomic mass is 10.1. The molecule has 0 radical (unpaired) electrons. The van der Waals surface area contributed by atoms with Crippen LogP contribution in [0.4, 0.5) is 13.2 Å². The van der Waals surface area contributed by atoms with Gasteiger partial charge in [-0.25, -0.2) is 4.79 Å². The topological polar surface area (TPSA) is 105 Å². The molecule has 2 aromatic rings. The zero-order valence-electron chi connectivity index (χ0n) is 24.6. The fraction of sp³-hybridized carbons (Fsp3) is 0.433. The molecular weight excluding hydrogens is 576 g/mol. The largest absolute Gasteiger partial charge is 0.466 e. The van der Waals surface area contributed by atoms with E-state index in [-0.39, 0.29) is 32.0 Å². The summed E-state index contributed by atoms with van der Waals surface area (Å²) in [5.74, 6) is -2.53. The van der Waals surface area contributed by atoms with Crippen molar-refractivity contribution in [2.45, 2.75) is 53.6 Å². The van der Waals surface area contributed by atoms with E-state index in [2.05, 4.69) is 4.74 Å². The predicted octanol–water partition coefficient (Wildman–Crippen LogP) is 6.91. The molecule has 0 atom stereocenters. The van der Waals surface area contributed by atoms with Crippen LogP contribution >= 0.6 is 7.60 Å². The number of benzene rings is 2. The lowest BCUT2D eigenvalue weighted by Crippen LogP contribution is -2.24. The molecule has 0 aliphatic rings. The summed E-state index contributed by atoms with van der Waals surface area (Å²) >= 11 is 0. The molecule has 0 spiro atoms. The van der Waals surface area contributed by atoms with Crippen LogP contribution in [0, 0.1) is 0 Å². The maximum absolute atomic E-state index is 11.8. The summed E-state index contributed by atoms with van der Waals surface area (Å²) in [6, 6.07) is 17.9. The zero-order valence-corrected chi connectivity index (χ0v) is 25.5. The van der Waals surface area contributed by atoms with Gasteiger partial charge in [-0.2, -0.15) is 13.2 Å². The first-order chi connectivity index (χ1) is 19.8. The highest BCUT2D eigenvalue weighted by Gasteiger charge is 2.37. The van der Waals surface area contributed by atoms with Gasteiger partial charge in [0.15, 0.2) is 0 Å². The molecule has 0 heterocycles. The molecule has 8 nitrogen and oxygen atoms in total. The van der Waals surface area contributed by atoms with Crippen LogP contribution in [0.3, 0.4) is 0 Å². The second kappa shape index (κ2) is 21.4. The average Bonchev–Trinajstić information content (AvgIpc) is 2.90. The third-order valence-electron chi connectivity index (χ3n) is 4.78. The van der Waals surface area contributed by atoms with Gasteiger partial charge in [-0.1, -0.05) is 66.2 Å². The van der Waals surface area contributed by atoms with Gasteiger partial charge in [-0.15, -0.1) is 0 Å². The number of Topliss-reactive ketones (excluding diaryl/α,β-unsaturated/α-hetero) is 1. The molecule has 0 bridgehead atoms. The number of halogens is 3. The number of carbonyl (C=O) groups excluding carboxylic acids is 3. The standard InChI is InChI=1S/C13H16O2.C9H7F3O.C8H17O5P/c1-3-15-13(14)10-11(2)9-12-7-5-4-6-8-12;10-9(11,12)8(13)6-7-4-2-1-3-5-7;1-4-11-8(9)7-14(10,12-5-2)13-6-3/h4-8,10H,3,9H2,1-2H3;1-5H,6H2;4-7H2,1-3H3/b11-10-;;. The summed E-state index contributed by atoms with van der Waals surface area (Å²) < 4.78 is 66.4. The van der Waals surface area contributed by atoms with Gasteiger partial charge in [0.05, 0.1) is 26.4 Å². The Kier molecular flexibility index (Phi) is 19.8. The number of carbonyl (C=O) groups is 3. The molecule has 0 saturated carbocycles. The summed E-state index contributed by atoms with van der Waals surface area (Å²) in [6.07, 6.45) is -3.28. The van der Waals surface area contributed by atoms with Gasteiger partial charge in [0.25, 0.3) is 0 Å². The molecule has 0 aliphatic carbocycles. The van der Waals surface area contributed by atoms with Gasteiger partial charge in [-0.3, -0.25) is 14.2 Å². The zero-order chi connectivity index (χ0) is 32.0. The van der Waals surface area contributed by atoms with Crippen LogP contribution in [-0.2, 0) is 50.3 Å². The van der Waals surface area contributed by atoms with Crippen LogP contribution in [0.5, 0.6) is 0 Å². The molecule has 42 heavy (non-hydrogen) atoms. The third kappa shape index (κ3) is 19.0. The molecule has 0 fully saturated rings. The van der Waals surface area contributed by atoms with E-state index in [4.69, 9.17) is 13.8 Å². The maximum atomic E-state index is 11.8. The van der Waals surface area contributed by atoms with Crippen LogP contribution in [0.2, 0.25) is 0 Å². The van der Waals surface area contributed by atoms with Crippen LogP contribution in [0.25, 0.3) is 0 Å². The smallest absolute Gasteiger partial charge is 0.450 e. The number of esters is 2. The van der Waals surface area contributed by atoms with Crippen molar-refractivity contribution in [2.24, 2.45) is 0 Å². The lowest BCUT2D eigenvalue weighted by molar-refractivity contribution is -0.170. The fourth-order valence-corrected chi connectivity index (χ4v) is 4.57. The Bertz CT molecular complexity index is 1130. The second-order valence-corrected chi connectivity index (χ2v) is 10.5. The monoisotopic (exact) mass is 616 g/mol. The van der Waals surface area contributed by atoms with Gasteiger partial charge in [0.2, 0.25) is 5.78 Å². The number of hydrogen-bond acceptors (Lipinski definition) is 8. The van der Waals surface area contributed by atoms with E-state index in [1.165, 1.54) is 17.7 Å². The molecular formula is C30H40F3O8P. The van der Waals surface area contributed by atoms with E-state index in [1.807, 2.05) is 37.3 Å². The highest BCUT2D eigenvalue weighted by Crippen LogP contribution is 2.47. The Morgan fingerprint density at radius 2 is 1.19 bits per heavy atom. The van der Waals surface area contributed by atoms with Gasteiger partial charge >= 0.3 is 25.7 Å². The second-order valence-electron chi connectivity index (χ2n) is 8.40. The fourth-order valence-electron chi connectivity index (χ4n) is 3.12. The SMILES string of the molecule is CCOC(=O)/C=C(/C)Cc1ccccc1.CCOC(=O)CP(=O)(OCC)OCC.O=C(Cc1ccccc1)C(F)(F)F. The number of hydrogen-bond donors (Lipinski definition) is 0. The van der Waals surface area contributed by atoms with Crippen LogP contribution < -0.4 is 0 Å². The number of allylic oxidation sites excluding steroid dienone is 1. The van der Waals surface area contributed by atoms with Crippen molar-refractivity contribution >= 4 is 25.3 Å². The maximum Gasteiger partial charge on any atom is 0.450 e. The first kappa shape index (κ1) is 38.7. The van der Waals surface area contributed by atoms with Crippen molar-refractivity contribution in [2.75, 3.05) is 32.6 Å². The molecule has 0 N–H and O–H groups in total. The predicted molar refractivity (Wildman–Crippen MR) is 154 cm³/mol. The first-order valence-corrected chi connectivity index (χ1v) is 15.1. The number of ether oxygens (including phenoxy) is 2. The summed E-state index contributed by atoms with van der Waals surface area (Å²) in [5, 5.41) is 0. The molecule has 2 rings (SSSR count). The van der Waals surface area contributed by atoms with Crippen molar-refractivity contribution in [1.82, 2.24) is 0 Å². The molecule has 0 unspecified atom stereocenters. The summed E-state index contributed by atoms with van der Waals surface area (Å²) in [7, 11) is -3.28. The lowest BCUT2D eigenvalue weighted by Gasteiger charge is -2.15. The van der Waals surface area contributed by atoms with Crippen molar-refractivity contribution in [3.05, 3.63) is 83.4 Å². The Hall–Kier alpha value is -3.27. The molecule has 234 valence electrons.